The molecule has 5 atom stereocenters. The molecule has 1 aromatic carbocycles. The van der Waals surface area contributed by atoms with Crippen molar-refractivity contribution in [3.05, 3.63) is 35.5 Å². The van der Waals surface area contributed by atoms with Crippen LogP contribution >= 0.6 is 0 Å². The molecule has 1 saturated heterocycles. The number of piperidine rings is 1. The van der Waals surface area contributed by atoms with Crippen LogP contribution in [0.25, 0.3) is 10.9 Å². The van der Waals surface area contributed by atoms with Crippen LogP contribution in [0.5, 0.6) is 0 Å². The highest BCUT2D eigenvalue weighted by atomic mass is 19.1. The van der Waals surface area contributed by atoms with Crippen molar-refractivity contribution >= 4 is 16.7 Å². The van der Waals surface area contributed by atoms with E-state index >= 15 is 0 Å². The van der Waals surface area contributed by atoms with Crippen LogP contribution in [0.1, 0.15) is 37.8 Å². The number of benzene rings is 1. The summed E-state index contributed by atoms with van der Waals surface area (Å²) in [6, 6.07) is 6.85. The van der Waals surface area contributed by atoms with Crippen molar-refractivity contribution in [1.29, 1.82) is 0 Å². The molecule has 0 bridgehead atoms. The molecule has 1 aliphatic carbocycles. The van der Waals surface area contributed by atoms with E-state index in [1.165, 1.54) is 29.0 Å². The van der Waals surface area contributed by atoms with Gasteiger partial charge in [-0.3, -0.25) is 4.79 Å². The number of rotatable bonds is 5. The first-order valence-electron chi connectivity index (χ1n) is 10.3. The van der Waals surface area contributed by atoms with E-state index in [0.717, 1.165) is 12.8 Å². The average Bonchev–Trinajstić information content (AvgIpc) is 2.97. The number of Topliss-reactive ketones (excluding diaryl/α,β-unsaturated/α-hetero) is 1. The zero-order valence-corrected chi connectivity index (χ0v) is 17.3. The molecule has 1 fully saturated rings. The average molecular weight is 387 g/mol. The third-order valence-corrected chi connectivity index (χ3v) is 7.37. The van der Waals surface area contributed by atoms with Gasteiger partial charge in [0.15, 0.2) is 0 Å². The van der Waals surface area contributed by atoms with Gasteiger partial charge < -0.3 is 14.6 Å². The number of likely N-dealkylation sites (N-methyl/N-ethyl adjacent to an activating group) is 1. The van der Waals surface area contributed by atoms with Crippen molar-refractivity contribution in [2.24, 2.45) is 18.9 Å². The molecule has 1 aliphatic heterocycles. The minimum atomic E-state index is -1.17. The van der Waals surface area contributed by atoms with Crippen LogP contribution in [0.2, 0.25) is 0 Å². The number of aliphatic hydroxyl groups is 1. The van der Waals surface area contributed by atoms with Crippen molar-refractivity contribution in [1.82, 2.24) is 9.47 Å². The van der Waals surface area contributed by atoms with E-state index in [1.54, 1.807) is 0 Å². The van der Waals surface area contributed by atoms with Crippen molar-refractivity contribution in [2.75, 3.05) is 20.2 Å². The second-order valence-electron chi connectivity index (χ2n) is 9.23. The largest absolute Gasteiger partial charge is 0.396 e. The zero-order valence-electron chi connectivity index (χ0n) is 17.3. The normalized spacial score (nSPS) is 29.5. The van der Waals surface area contributed by atoms with E-state index in [0.29, 0.717) is 12.6 Å². The first kappa shape index (κ1) is 19.6. The van der Waals surface area contributed by atoms with Gasteiger partial charge in [-0.05, 0) is 44.0 Å². The van der Waals surface area contributed by atoms with Gasteiger partial charge in [-0.25, -0.2) is 4.39 Å². The van der Waals surface area contributed by atoms with Gasteiger partial charge in [-0.2, -0.15) is 0 Å². The van der Waals surface area contributed by atoms with Crippen LogP contribution in [0.3, 0.4) is 0 Å². The number of hydrogen-bond acceptors (Lipinski definition) is 3. The molecule has 0 spiro atoms. The number of hydrogen-bond donors (Lipinski definition) is 1. The zero-order chi connectivity index (χ0) is 20.2. The molecule has 152 valence electrons. The molecule has 2 aliphatic rings. The minimum Gasteiger partial charge on any atom is -0.396 e. The fourth-order valence-corrected chi connectivity index (χ4v) is 5.74. The monoisotopic (exact) mass is 386 g/mol. The molecular formula is C23H31FN2O2. The topological polar surface area (TPSA) is 45.5 Å². The van der Waals surface area contributed by atoms with Gasteiger partial charge in [0.25, 0.3) is 0 Å². The molecule has 28 heavy (non-hydrogen) atoms. The van der Waals surface area contributed by atoms with Gasteiger partial charge in [-0.1, -0.05) is 19.1 Å². The lowest BCUT2D eigenvalue weighted by molar-refractivity contribution is -0.128. The Morgan fingerprint density at radius 2 is 2.14 bits per heavy atom. The van der Waals surface area contributed by atoms with Crippen molar-refractivity contribution < 1.29 is 14.3 Å². The van der Waals surface area contributed by atoms with Gasteiger partial charge in [0.2, 0.25) is 0 Å². The summed E-state index contributed by atoms with van der Waals surface area (Å²) in [6.45, 7) is 4.14. The molecule has 0 radical (unpaired) electrons. The Kier molecular flexibility index (Phi) is 4.87. The van der Waals surface area contributed by atoms with Crippen molar-refractivity contribution in [3.63, 3.8) is 0 Å². The third-order valence-electron chi connectivity index (χ3n) is 7.37. The molecule has 2 aromatic rings. The molecule has 4 nitrogen and oxygen atoms in total. The predicted molar refractivity (Wildman–Crippen MR) is 109 cm³/mol. The summed E-state index contributed by atoms with van der Waals surface area (Å²) in [7, 11) is 4.20. The molecule has 1 N–H and O–H groups in total. The first-order chi connectivity index (χ1) is 13.3. The molecule has 1 aromatic heterocycles. The number of alkyl halides is 1. The maximum absolute atomic E-state index is 13.7. The highest BCUT2D eigenvalue weighted by Crippen LogP contribution is 2.49. The number of aryl methyl sites for hydroxylation is 1. The maximum Gasteiger partial charge on any atom is 0.137 e. The van der Waals surface area contributed by atoms with Gasteiger partial charge >= 0.3 is 0 Å². The lowest BCUT2D eigenvalue weighted by Crippen LogP contribution is -2.58. The van der Waals surface area contributed by atoms with Crippen molar-refractivity contribution in [2.45, 2.75) is 50.7 Å². The summed E-state index contributed by atoms with van der Waals surface area (Å²) < 4.78 is 15.9. The lowest BCUT2D eigenvalue weighted by Gasteiger charge is -2.52. The van der Waals surface area contributed by atoms with E-state index in [9.17, 15) is 14.3 Å². The molecule has 2 heterocycles. The summed E-state index contributed by atoms with van der Waals surface area (Å²) >= 11 is 0. The Hall–Kier alpha value is -1.72. The molecule has 5 heteroatoms. The van der Waals surface area contributed by atoms with Gasteiger partial charge in [0.1, 0.15) is 12.0 Å². The molecule has 4 rings (SSSR count). The SMILES string of the molecule is CC(F)C(CO)CC(=O)C1CN(C)C2Cc3cn(C)c4cccc(c34)C2(C)C1. The number of aromatic nitrogens is 1. The molecule has 0 amide bonds. The number of carbonyl (C=O) groups excluding carboxylic acids is 1. The number of halogens is 1. The van der Waals surface area contributed by atoms with Crippen LogP contribution in [0.15, 0.2) is 24.4 Å². The highest BCUT2D eigenvalue weighted by molar-refractivity contribution is 5.90. The second-order valence-corrected chi connectivity index (χ2v) is 9.23. The van der Waals surface area contributed by atoms with E-state index in [4.69, 9.17) is 0 Å². The standard InChI is InChI=1S/C23H31FN2O2/c1-14(24)16(13-27)8-20(28)17-10-23(2)18-6-5-7-19-22(18)15(11-25(19)3)9-21(23)26(4)12-17/h5-7,11,14,16-17,21,27H,8-10,12-13H2,1-4H3. The Labute approximate surface area is 166 Å². The van der Waals surface area contributed by atoms with E-state index in [2.05, 4.69) is 54.9 Å². The summed E-state index contributed by atoms with van der Waals surface area (Å²) in [6.07, 6.45) is 2.96. The number of likely N-dealkylation sites (tertiary alicyclic amines) is 1. The van der Waals surface area contributed by atoms with E-state index in [1.807, 2.05) is 0 Å². The van der Waals surface area contributed by atoms with Crippen LogP contribution < -0.4 is 0 Å². The Morgan fingerprint density at radius 3 is 2.82 bits per heavy atom. The summed E-state index contributed by atoms with van der Waals surface area (Å²) in [5, 5.41) is 10.8. The summed E-state index contributed by atoms with van der Waals surface area (Å²) in [5.41, 5.74) is 3.85. The van der Waals surface area contributed by atoms with E-state index < -0.39 is 12.1 Å². The predicted octanol–water partition coefficient (Wildman–Crippen LogP) is 3.24. The number of ketones is 1. The highest BCUT2D eigenvalue weighted by Gasteiger charge is 2.49. The van der Waals surface area contributed by atoms with Crippen molar-refractivity contribution in [3.8, 4) is 0 Å². The van der Waals surface area contributed by atoms with Crippen LogP contribution in [-0.2, 0) is 23.7 Å². The lowest BCUT2D eigenvalue weighted by atomic mass is 9.61. The van der Waals surface area contributed by atoms with Gasteiger partial charge in [-0.15, -0.1) is 0 Å². The van der Waals surface area contributed by atoms with Crippen LogP contribution in [-0.4, -0.2) is 52.8 Å². The van der Waals surface area contributed by atoms with Crippen LogP contribution in [0.4, 0.5) is 4.39 Å². The smallest absolute Gasteiger partial charge is 0.137 e. The third kappa shape index (κ3) is 2.91. The molecule has 5 unspecified atom stereocenters. The molecule has 0 saturated carbocycles. The summed E-state index contributed by atoms with van der Waals surface area (Å²) in [5.74, 6) is -0.639. The Morgan fingerprint density at radius 1 is 1.39 bits per heavy atom. The summed E-state index contributed by atoms with van der Waals surface area (Å²) in [4.78, 5) is 15.3. The van der Waals surface area contributed by atoms with E-state index in [-0.39, 0.29) is 30.1 Å². The second kappa shape index (κ2) is 6.96. The Bertz CT molecular complexity index is 905. The maximum atomic E-state index is 13.7. The number of nitrogens with zero attached hydrogens (tertiary/aromatic N) is 2. The fourth-order valence-electron chi connectivity index (χ4n) is 5.74. The molecular weight excluding hydrogens is 355 g/mol. The van der Waals surface area contributed by atoms with Gasteiger partial charge in [0.05, 0.1) is 0 Å². The first-order valence-corrected chi connectivity index (χ1v) is 10.3. The van der Waals surface area contributed by atoms with Gasteiger partial charge in [0, 0.05) is 67.0 Å². The quantitative estimate of drug-likeness (QED) is 0.858. The number of carbonyl (C=O) groups is 1. The Balaban J connectivity index is 1.69. The minimum absolute atomic E-state index is 0.0844. The number of aliphatic hydroxyl groups excluding tert-OH is 1. The fraction of sp³-hybridized carbons (Fsp3) is 0.609. The van der Waals surface area contributed by atoms with Crippen LogP contribution in [0, 0.1) is 11.8 Å². The number of fused-ring (bicyclic) bond motifs is 2.